The average molecular weight is 483 g/mol. The minimum Gasteiger partial charge on any atom is -0.361 e. The van der Waals surface area contributed by atoms with Crippen molar-refractivity contribution in [1.82, 2.24) is 20.9 Å². The second-order valence-corrected chi connectivity index (χ2v) is 6.98. The first-order chi connectivity index (χ1) is 12.7. The van der Waals surface area contributed by atoms with E-state index >= 15 is 0 Å². The maximum Gasteiger partial charge on any atom is 0.220 e. The summed E-state index contributed by atoms with van der Waals surface area (Å²) in [4.78, 5) is 19.2. The van der Waals surface area contributed by atoms with Crippen molar-refractivity contribution in [2.24, 2.45) is 4.99 Å². The molecule has 1 fully saturated rings. The third kappa shape index (κ3) is 6.71. The van der Waals surface area contributed by atoms with Crippen molar-refractivity contribution in [2.45, 2.75) is 45.1 Å². The molecule has 1 amide bonds. The Morgan fingerprint density at radius 2 is 2.04 bits per heavy atom. The molecular formula is C20H30IN5O. The lowest BCUT2D eigenvalue weighted by atomic mass is 10.1. The van der Waals surface area contributed by atoms with Crippen LogP contribution < -0.4 is 16.0 Å². The number of carbonyl (C=O) groups excluding carboxylic acids is 1. The zero-order chi connectivity index (χ0) is 18.4. The van der Waals surface area contributed by atoms with Gasteiger partial charge in [-0.05, 0) is 49.8 Å². The molecule has 2 aromatic rings. The fraction of sp³-hybridized carbons (Fsp3) is 0.500. The van der Waals surface area contributed by atoms with E-state index in [9.17, 15) is 4.79 Å². The summed E-state index contributed by atoms with van der Waals surface area (Å²) < 4.78 is 0. The molecule has 148 valence electrons. The molecule has 0 bridgehead atoms. The summed E-state index contributed by atoms with van der Waals surface area (Å²) in [5.41, 5.74) is 3.76. The predicted octanol–water partition coefficient (Wildman–Crippen LogP) is 2.86. The number of aryl methyl sites for hydroxylation is 1. The molecule has 1 aromatic carbocycles. The first-order valence-electron chi connectivity index (χ1n) is 9.46. The van der Waals surface area contributed by atoms with E-state index in [-0.39, 0.29) is 29.9 Å². The zero-order valence-corrected chi connectivity index (χ0v) is 18.4. The molecule has 0 saturated heterocycles. The van der Waals surface area contributed by atoms with Crippen molar-refractivity contribution in [3.63, 3.8) is 0 Å². The summed E-state index contributed by atoms with van der Waals surface area (Å²) >= 11 is 0. The molecule has 7 heteroatoms. The van der Waals surface area contributed by atoms with E-state index in [0.717, 1.165) is 44.7 Å². The molecule has 1 heterocycles. The van der Waals surface area contributed by atoms with E-state index in [0.29, 0.717) is 12.5 Å². The number of hydrogen-bond donors (Lipinski definition) is 4. The second kappa shape index (κ2) is 10.5. The first kappa shape index (κ1) is 21.5. The predicted molar refractivity (Wildman–Crippen MR) is 122 cm³/mol. The molecule has 0 radical (unpaired) electrons. The summed E-state index contributed by atoms with van der Waals surface area (Å²) in [7, 11) is 1.77. The Morgan fingerprint density at radius 3 is 2.78 bits per heavy atom. The molecule has 6 nitrogen and oxygen atoms in total. The Hall–Kier alpha value is -1.77. The van der Waals surface area contributed by atoms with E-state index in [2.05, 4.69) is 57.2 Å². The Labute approximate surface area is 178 Å². The Bertz CT molecular complexity index is 782. The van der Waals surface area contributed by atoms with Crippen molar-refractivity contribution >= 4 is 46.7 Å². The van der Waals surface area contributed by atoms with E-state index < -0.39 is 0 Å². The second-order valence-electron chi connectivity index (χ2n) is 6.98. The third-order valence-electron chi connectivity index (χ3n) is 4.65. The van der Waals surface area contributed by atoms with Crippen molar-refractivity contribution in [1.29, 1.82) is 0 Å². The van der Waals surface area contributed by atoms with Gasteiger partial charge in [-0.25, -0.2) is 0 Å². The Kier molecular flexibility index (Phi) is 8.40. The van der Waals surface area contributed by atoms with Crippen molar-refractivity contribution < 1.29 is 4.79 Å². The molecule has 1 aliphatic carbocycles. The highest BCUT2D eigenvalue weighted by Gasteiger charge is 2.22. The third-order valence-corrected chi connectivity index (χ3v) is 4.65. The van der Waals surface area contributed by atoms with Gasteiger partial charge in [-0.1, -0.05) is 12.1 Å². The maximum atomic E-state index is 11.7. The van der Waals surface area contributed by atoms with Crippen LogP contribution in [-0.2, 0) is 11.2 Å². The number of hydrogen-bond acceptors (Lipinski definition) is 2. The molecular weight excluding hydrogens is 453 g/mol. The van der Waals surface area contributed by atoms with Gasteiger partial charge in [-0.2, -0.15) is 0 Å². The summed E-state index contributed by atoms with van der Waals surface area (Å²) in [5, 5.41) is 10.9. The largest absolute Gasteiger partial charge is 0.361 e. The number of benzene rings is 1. The number of halogens is 1. The number of guanidine groups is 1. The van der Waals surface area contributed by atoms with Crippen LogP contribution in [0.5, 0.6) is 0 Å². The number of nitrogens with zero attached hydrogens (tertiary/aromatic N) is 1. The molecule has 4 N–H and O–H groups in total. The molecule has 0 unspecified atom stereocenters. The lowest BCUT2D eigenvalue weighted by Gasteiger charge is -2.11. The van der Waals surface area contributed by atoms with Crippen molar-refractivity contribution in [2.75, 3.05) is 20.1 Å². The van der Waals surface area contributed by atoms with Crippen LogP contribution in [-0.4, -0.2) is 43.0 Å². The number of aromatic nitrogens is 1. The van der Waals surface area contributed by atoms with Gasteiger partial charge in [0.2, 0.25) is 5.91 Å². The van der Waals surface area contributed by atoms with Crippen molar-refractivity contribution in [3.05, 3.63) is 35.5 Å². The fourth-order valence-corrected chi connectivity index (χ4v) is 3.03. The number of nitrogens with one attached hydrogen (secondary N) is 4. The first-order valence-corrected chi connectivity index (χ1v) is 9.46. The van der Waals surface area contributed by atoms with E-state index in [1.807, 2.05) is 0 Å². The van der Waals surface area contributed by atoms with Gasteiger partial charge in [-0.3, -0.25) is 9.79 Å². The summed E-state index contributed by atoms with van der Waals surface area (Å²) in [6.07, 6.45) is 6.65. The summed E-state index contributed by atoms with van der Waals surface area (Å²) in [6.45, 7) is 3.65. The van der Waals surface area contributed by atoms with Crippen molar-refractivity contribution in [3.8, 4) is 0 Å². The minimum absolute atomic E-state index is 0. The number of fused-ring (bicyclic) bond motifs is 1. The molecule has 1 aliphatic rings. The minimum atomic E-state index is 0. The smallest absolute Gasteiger partial charge is 0.220 e. The number of aliphatic imine (C=N–C) groups is 1. The Balaban J connectivity index is 0.00000261. The summed E-state index contributed by atoms with van der Waals surface area (Å²) in [6, 6.07) is 6.94. The standard InChI is InChI=1S/C20H29N5O.HI/c1-14-5-8-17-15(13-24-18(17)12-14)9-11-23-20(21-2)22-10-3-4-19(26)25-16-6-7-16;/h5,8,12-13,16,24H,3-4,6-7,9-11H2,1-2H3,(H,25,26)(H2,21,22,23);1H. The van der Waals surface area contributed by atoms with Gasteiger partial charge in [0.15, 0.2) is 5.96 Å². The quantitative estimate of drug-likeness (QED) is 0.202. The van der Waals surface area contributed by atoms with E-state index in [1.165, 1.54) is 22.0 Å². The van der Waals surface area contributed by atoms with Crippen LogP contribution >= 0.6 is 24.0 Å². The highest BCUT2D eigenvalue weighted by atomic mass is 127. The number of rotatable bonds is 8. The van der Waals surface area contributed by atoms with E-state index in [4.69, 9.17) is 0 Å². The molecule has 1 aromatic heterocycles. The van der Waals surface area contributed by atoms with Crippen LogP contribution in [0.3, 0.4) is 0 Å². The lowest BCUT2D eigenvalue weighted by molar-refractivity contribution is -0.121. The Morgan fingerprint density at radius 1 is 1.26 bits per heavy atom. The van der Waals surface area contributed by atoms with Crippen LogP contribution in [0.25, 0.3) is 10.9 Å². The molecule has 1 saturated carbocycles. The van der Waals surface area contributed by atoms with Crippen LogP contribution in [0.4, 0.5) is 0 Å². The van der Waals surface area contributed by atoms with Gasteiger partial charge < -0.3 is 20.9 Å². The molecule has 0 atom stereocenters. The molecule has 3 rings (SSSR count). The zero-order valence-electron chi connectivity index (χ0n) is 16.1. The van der Waals surface area contributed by atoms with E-state index in [1.54, 1.807) is 7.05 Å². The van der Waals surface area contributed by atoms with Gasteiger partial charge in [0.25, 0.3) is 0 Å². The highest BCUT2D eigenvalue weighted by molar-refractivity contribution is 14.0. The number of amides is 1. The monoisotopic (exact) mass is 483 g/mol. The van der Waals surface area contributed by atoms with Gasteiger partial charge in [0, 0.05) is 49.7 Å². The molecule has 27 heavy (non-hydrogen) atoms. The number of carbonyl (C=O) groups is 1. The summed E-state index contributed by atoms with van der Waals surface area (Å²) in [5.74, 6) is 0.940. The topological polar surface area (TPSA) is 81.3 Å². The van der Waals surface area contributed by atoms with Crippen LogP contribution in [0.1, 0.15) is 36.8 Å². The van der Waals surface area contributed by atoms with Gasteiger partial charge >= 0.3 is 0 Å². The molecule has 0 aliphatic heterocycles. The van der Waals surface area contributed by atoms with Gasteiger partial charge in [0.1, 0.15) is 0 Å². The molecule has 0 spiro atoms. The number of aromatic amines is 1. The lowest BCUT2D eigenvalue weighted by Crippen LogP contribution is -2.39. The normalized spacial score (nSPS) is 13.9. The van der Waals surface area contributed by atoms with Gasteiger partial charge in [0.05, 0.1) is 0 Å². The van der Waals surface area contributed by atoms with Crippen LogP contribution in [0.2, 0.25) is 0 Å². The fourth-order valence-electron chi connectivity index (χ4n) is 3.03. The van der Waals surface area contributed by atoms with Crippen LogP contribution in [0, 0.1) is 6.92 Å². The SMILES string of the molecule is CN=C(NCCCC(=O)NC1CC1)NCCc1c[nH]c2cc(C)ccc12.I. The van der Waals surface area contributed by atoms with Crippen LogP contribution in [0.15, 0.2) is 29.4 Å². The highest BCUT2D eigenvalue weighted by Crippen LogP contribution is 2.20. The van der Waals surface area contributed by atoms with Gasteiger partial charge in [-0.15, -0.1) is 24.0 Å². The number of H-pyrrole nitrogens is 1. The maximum absolute atomic E-state index is 11.7. The average Bonchev–Trinajstić information content (AvgIpc) is 3.35.